The fourth-order valence-electron chi connectivity index (χ4n) is 3.74. The van der Waals surface area contributed by atoms with E-state index in [0.29, 0.717) is 53.0 Å². The van der Waals surface area contributed by atoms with E-state index in [1.54, 1.807) is 39.5 Å². The Kier molecular flexibility index (Phi) is 5.51. The van der Waals surface area contributed by atoms with Crippen LogP contribution in [0.3, 0.4) is 0 Å². The van der Waals surface area contributed by atoms with Gasteiger partial charge in [-0.3, -0.25) is 4.79 Å². The van der Waals surface area contributed by atoms with E-state index < -0.39 is 0 Å². The molecule has 0 atom stereocenters. The van der Waals surface area contributed by atoms with Crippen LogP contribution >= 0.6 is 15.9 Å². The van der Waals surface area contributed by atoms with Gasteiger partial charge in [0.15, 0.2) is 23.0 Å². The van der Waals surface area contributed by atoms with Crippen molar-refractivity contribution >= 4 is 27.8 Å². The monoisotopic (exact) mass is 475 g/mol. The van der Waals surface area contributed by atoms with Crippen LogP contribution in [0.4, 0.5) is 0 Å². The molecule has 0 saturated carbocycles. The molecule has 4 rings (SSSR count). The molecule has 7 nitrogen and oxygen atoms in total. The molecule has 8 heteroatoms. The first-order valence-electron chi connectivity index (χ1n) is 9.37. The summed E-state index contributed by atoms with van der Waals surface area (Å²) in [6.07, 6.45) is 2.56. The van der Waals surface area contributed by atoms with Crippen LogP contribution in [-0.4, -0.2) is 52.4 Å². The van der Waals surface area contributed by atoms with Crippen LogP contribution in [0.25, 0.3) is 6.08 Å². The first-order chi connectivity index (χ1) is 14.5. The Hall–Kier alpha value is -2.87. The maximum atomic E-state index is 13.4. The normalized spacial score (nSPS) is 14.6. The molecule has 30 heavy (non-hydrogen) atoms. The lowest BCUT2D eigenvalue weighted by atomic mass is 10.0. The number of ketones is 1. The van der Waals surface area contributed by atoms with Gasteiger partial charge in [-0.15, -0.1) is 0 Å². The highest BCUT2D eigenvalue weighted by molar-refractivity contribution is 9.10. The molecule has 0 aromatic heterocycles. The van der Waals surface area contributed by atoms with Crippen LogP contribution in [0, 0.1) is 0 Å². The molecule has 2 aliphatic heterocycles. The zero-order valence-corrected chi connectivity index (χ0v) is 18.8. The summed E-state index contributed by atoms with van der Waals surface area (Å²) in [5, 5.41) is 0. The van der Waals surface area contributed by atoms with Gasteiger partial charge in [-0.1, -0.05) is 0 Å². The van der Waals surface area contributed by atoms with Gasteiger partial charge in [0.2, 0.25) is 18.3 Å². The quantitative estimate of drug-likeness (QED) is 0.607. The molecule has 2 aromatic rings. The SMILES string of the molecule is COc1ccc(C(=O)C2=Cc3c(c(Br)c4c(c3OC)OCO4)CCN2C)cc1OC. The first-order valence-corrected chi connectivity index (χ1v) is 10.2. The number of carbonyl (C=O) groups is 1. The third kappa shape index (κ3) is 3.25. The van der Waals surface area contributed by atoms with E-state index in [4.69, 9.17) is 23.7 Å². The summed E-state index contributed by atoms with van der Waals surface area (Å²) >= 11 is 3.65. The van der Waals surface area contributed by atoms with Crippen molar-refractivity contribution in [2.75, 3.05) is 41.7 Å². The number of likely N-dealkylation sites (N-methyl/N-ethyl adjacent to an activating group) is 1. The molecule has 0 bridgehead atoms. The van der Waals surface area contributed by atoms with Crippen LogP contribution in [0.2, 0.25) is 0 Å². The van der Waals surface area contributed by atoms with Crippen molar-refractivity contribution in [3.63, 3.8) is 0 Å². The average molecular weight is 476 g/mol. The smallest absolute Gasteiger partial charge is 0.231 e. The number of allylic oxidation sites excluding steroid dienone is 1. The van der Waals surface area contributed by atoms with Gasteiger partial charge in [-0.25, -0.2) is 0 Å². The number of rotatable bonds is 5. The summed E-state index contributed by atoms with van der Waals surface area (Å²) in [6.45, 7) is 0.785. The van der Waals surface area contributed by atoms with E-state index in [0.717, 1.165) is 15.6 Å². The number of hydrogen-bond acceptors (Lipinski definition) is 7. The van der Waals surface area contributed by atoms with Crippen molar-refractivity contribution in [2.45, 2.75) is 6.42 Å². The summed E-state index contributed by atoms with van der Waals surface area (Å²) in [5.74, 6) is 2.69. The van der Waals surface area contributed by atoms with E-state index >= 15 is 0 Å². The Bertz CT molecular complexity index is 1050. The molecule has 2 aliphatic rings. The van der Waals surface area contributed by atoms with Gasteiger partial charge in [0.1, 0.15) is 0 Å². The number of hydrogen-bond donors (Lipinski definition) is 0. The second-order valence-corrected chi connectivity index (χ2v) is 7.70. The molecule has 0 N–H and O–H groups in total. The van der Waals surface area contributed by atoms with Crippen molar-refractivity contribution in [3.05, 3.63) is 45.1 Å². The summed E-state index contributed by atoms with van der Waals surface area (Å²) < 4.78 is 28.4. The summed E-state index contributed by atoms with van der Waals surface area (Å²) in [6, 6.07) is 5.15. The van der Waals surface area contributed by atoms with Crippen LogP contribution < -0.4 is 23.7 Å². The molecule has 0 amide bonds. The Balaban J connectivity index is 1.85. The van der Waals surface area contributed by atoms with Gasteiger partial charge in [-0.05, 0) is 52.2 Å². The highest BCUT2D eigenvalue weighted by Gasteiger charge is 2.31. The topological polar surface area (TPSA) is 66.5 Å². The lowest BCUT2D eigenvalue weighted by molar-refractivity contribution is 0.100. The number of methoxy groups -OCH3 is 3. The average Bonchev–Trinajstić information content (AvgIpc) is 3.19. The second-order valence-electron chi connectivity index (χ2n) is 6.90. The van der Waals surface area contributed by atoms with Gasteiger partial charge in [0, 0.05) is 24.7 Å². The van der Waals surface area contributed by atoms with Crippen LogP contribution in [-0.2, 0) is 6.42 Å². The molecule has 0 radical (unpaired) electrons. The molecular formula is C22H22BrNO6. The molecule has 0 unspecified atom stereocenters. The summed E-state index contributed by atoms with van der Waals surface area (Å²) in [5.41, 5.74) is 2.87. The number of benzene rings is 2. The van der Waals surface area contributed by atoms with Gasteiger partial charge in [0.05, 0.1) is 31.5 Å². The maximum Gasteiger partial charge on any atom is 0.231 e. The summed E-state index contributed by atoms with van der Waals surface area (Å²) in [4.78, 5) is 15.4. The Morgan fingerprint density at radius 2 is 1.80 bits per heavy atom. The number of Topliss-reactive ketones (excluding diaryl/α,β-unsaturated/α-hetero) is 1. The number of halogens is 1. The third-order valence-corrected chi connectivity index (χ3v) is 6.16. The van der Waals surface area contributed by atoms with Gasteiger partial charge < -0.3 is 28.6 Å². The number of carbonyl (C=O) groups excluding carboxylic acids is 1. The lowest BCUT2D eigenvalue weighted by Crippen LogP contribution is -2.24. The molecule has 0 saturated heterocycles. The van der Waals surface area contributed by atoms with Gasteiger partial charge in [-0.2, -0.15) is 0 Å². The Morgan fingerprint density at radius 1 is 1.07 bits per heavy atom. The molecule has 2 heterocycles. The molecule has 0 spiro atoms. The van der Waals surface area contributed by atoms with Gasteiger partial charge in [0.25, 0.3) is 0 Å². The van der Waals surface area contributed by atoms with Crippen LogP contribution in [0.5, 0.6) is 28.7 Å². The van der Waals surface area contributed by atoms with Crippen LogP contribution in [0.15, 0.2) is 28.4 Å². The Labute approximate surface area is 183 Å². The molecule has 2 aromatic carbocycles. The molecule has 0 fully saturated rings. The Morgan fingerprint density at radius 3 is 2.50 bits per heavy atom. The van der Waals surface area contributed by atoms with E-state index in [1.807, 2.05) is 18.0 Å². The highest BCUT2D eigenvalue weighted by Crippen LogP contribution is 2.51. The van der Waals surface area contributed by atoms with Crippen molar-refractivity contribution in [2.24, 2.45) is 0 Å². The molecule has 0 aliphatic carbocycles. The first kappa shape index (κ1) is 20.4. The van der Waals surface area contributed by atoms with E-state index in [1.165, 1.54) is 0 Å². The maximum absolute atomic E-state index is 13.4. The van der Waals surface area contributed by atoms with Crippen molar-refractivity contribution in [1.82, 2.24) is 4.90 Å². The second kappa shape index (κ2) is 8.10. The van der Waals surface area contributed by atoms with E-state index in [9.17, 15) is 4.79 Å². The predicted molar refractivity (Wildman–Crippen MR) is 115 cm³/mol. The molecular weight excluding hydrogens is 454 g/mol. The van der Waals surface area contributed by atoms with E-state index in [-0.39, 0.29) is 12.6 Å². The zero-order chi connectivity index (χ0) is 21.4. The fraction of sp³-hybridized carbons (Fsp3) is 0.318. The van der Waals surface area contributed by atoms with E-state index in [2.05, 4.69) is 15.9 Å². The van der Waals surface area contributed by atoms with Crippen molar-refractivity contribution < 1.29 is 28.5 Å². The number of nitrogens with zero attached hydrogens (tertiary/aromatic N) is 1. The number of ether oxygens (including phenoxy) is 5. The fourth-order valence-corrected chi connectivity index (χ4v) is 4.44. The van der Waals surface area contributed by atoms with Crippen molar-refractivity contribution in [3.8, 4) is 28.7 Å². The minimum absolute atomic E-state index is 0.123. The third-order valence-electron chi connectivity index (χ3n) is 5.33. The zero-order valence-electron chi connectivity index (χ0n) is 17.2. The minimum atomic E-state index is -0.123. The minimum Gasteiger partial charge on any atom is -0.493 e. The predicted octanol–water partition coefficient (Wildman–Crippen LogP) is 3.92. The highest BCUT2D eigenvalue weighted by atomic mass is 79.9. The molecule has 158 valence electrons. The lowest BCUT2D eigenvalue weighted by Gasteiger charge is -2.20. The van der Waals surface area contributed by atoms with Crippen molar-refractivity contribution in [1.29, 1.82) is 0 Å². The van der Waals surface area contributed by atoms with Gasteiger partial charge >= 0.3 is 0 Å². The summed E-state index contributed by atoms with van der Waals surface area (Å²) in [7, 11) is 6.60. The number of fused-ring (bicyclic) bond motifs is 2. The van der Waals surface area contributed by atoms with Crippen LogP contribution in [0.1, 0.15) is 21.5 Å². The largest absolute Gasteiger partial charge is 0.493 e. The standard InChI is InChI=1S/C22H22BrNO6/c1-24-8-7-13-14(20(28-4)22-21(18(13)23)29-11-30-22)10-15(24)19(25)12-5-6-16(26-2)17(9-12)27-3/h5-6,9-10H,7-8,11H2,1-4H3.